The molecule has 0 aromatic carbocycles. The first-order valence-corrected chi connectivity index (χ1v) is 3.90. The van der Waals surface area contributed by atoms with Crippen LogP contribution in [0.25, 0.3) is 0 Å². The number of nitrogens with zero attached hydrogens (tertiary/aromatic N) is 1. The summed E-state index contributed by atoms with van der Waals surface area (Å²) < 4.78 is 5.19. The third kappa shape index (κ3) is 5.84. The van der Waals surface area contributed by atoms with Gasteiger partial charge in [0.25, 0.3) is 0 Å². The smallest absolute Gasteiger partial charge is 0.103 e. The van der Waals surface area contributed by atoms with Gasteiger partial charge in [-0.05, 0) is 13.3 Å². The van der Waals surface area contributed by atoms with Crippen molar-refractivity contribution in [1.82, 2.24) is 0 Å². The summed E-state index contributed by atoms with van der Waals surface area (Å²) >= 11 is 0. The SMILES string of the molecule is CCCOCCC(C)(N)C#N. The van der Waals surface area contributed by atoms with E-state index in [0.29, 0.717) is 13.0 Å². The molecule has 0 aliphatic carbocycles. The molecular formula is C8H16N2O. The average Bonchev–Trinajstić information content (AvgIpc) is 1.99. The Labute approximate surface area is 68.1 Å². The summed E-state index contributed by atoms with van der Waals surface area (Å²) in [5.74, 6) is 0. The second kappa shape index (κ2) is 5.11. The minimum Gasteiger partial charge on any atom is -0.381 e. The Morgan fingerprint density at radius 2 is 2.18 bits per heavy atom. The van der Waals surface area contributed by atoms with Gasteiger partial charge in [0.15, 0.2) is 0 Å². The molecule has 0 saturated carbocycles. The maximum absolute atomic E-state index is 8.52. The van der Waals surface area contributed by atoms with Gasteiger partial charge in [0.2, 0.25) is 0 Å². The predicted octanol–water partition coefficient (Wildman–Crippen LogP) is 1.04. The van der Waals surface area contributed by atoms with Gasteiger partial charge in [0, 0.05) is 19.6 Å². The maximum atomic E-state index is 8.52. The Balaban J connectivity index is 3.32. The van der Waals surface area contributed by atoms with E-state index in [4.69, 9.17) is 15.7 Å². The van der Waals surface area contributed by atoms with Gasteiger partial charge < -0.3 is 10.5 Å². The minimum atomic E-state index is -0.728. The van der Waals surface area contributed by atoms with Crippen LogP contribution in [0.2, 0.25) is 0 Å². The number of ether oxygens (including phenoxy) is 1. The Morgan fingerprint density at radius 1 is 1.55 bits per heavy atom. The second-order valence-corrected chi connectivity index (χ2v) is 2.89. The Morgan fingerprint density at radius 3 is 2.64 bits per heavy atom. The van der Waals surface area contributed by atoms with Crippen LogP contribution in [0, 0.1) is 11.3 Å². The Kier molecular flexibility index (Phi) is 4.84. The Bertz CT molecular complexity index is 138. The van der Waals surface area contributed by atoms with E-state index in [2.05, 4.69) is 0 Å². The molecule has 1 unspecified atom stereocenters. The molecule has 64 valence electrons. The van der Waals surface area contributed by atoms with Crippen LogP contribution in [0.4, 0.5) is 0 Å². The molecule has 11 heavy (non-hydrogen) atoms. The summed E-state index contributed by atoms with van der Waals surface area (Å²) in [7, 11) is 0. The number of nitrogens with two attached hydrogens (primary N) is 1. The number of hydrogen-bond acceptors (Lipinski definition) is 3. The van der Waals surface area contributed by atoms with Crippen molar-refractivity contribution in [3.05, 3.63) is 0 Å². The largest absolute Gasteiger partial charge is 0.381 e. The van der Waals surface area contributed by atoms with E-state index in [1.165, 1.54) is 0 Å². The lowest BCUT2D eigenvalue weighted by atomic mass is 10.0. The van der Waals surface area contributed by atoms with Crippen molar-refractivity contribution < 1.29 is 4.74 Å². The zero-order valence-electron chi connectivity index (χ0n) is 7.26. The average molecular weight is 156 g/mol. The fraction of sp³-hybridized carbons (Fsp3) is 0.875. The van der Waals surface area contributed by atoms with Crippen molar-refractivity contribution in [3.8, 4) is 6.07 Å². The van der Waals surface area contributed by atoms with Crippen molar-refractivity contribution in [2.75, 3.05) is 13.2 Å². The molecular weight excluding hydrogens is 140 g/mol. The van der Waals surface area contributed by atoms with Gasteiger partial charge >= 0.3 is 0 Å². The highest BCUT2D eigenvalue weighted by Crippen LogP contribution is 2.02. The van der Waals surface area contributed by atoms with Crippen LogP contribution >= 0.6 is 0 Å². The molecule has 0 bridgehead atoms. The summed E-state index contributed by atoms with van der Waals surface area (Å²) in [5.41, 5.74) is 4.83. The van der Waals surface area contributed by atoms with Crippen LogP contribution < -0.4 is 5.73 Å². The monoisotopic (exact) mass is 156 g/mol. The molecule has 0 spiro atoms. The summed E-state index contributed by atoms with van der Waals surface area (Å²) in [6.07, 6.45) is 1.61. The molecule has 3 heteroatoms. The molecule has 0 aliphatic heterocycles. The molecule has 0 fully saturated rings. The van der Waals surface area contributed by atoms with Crippen LogP contribution in [0.15, 0.2) is 0 Å². The van der Waals surface area contributed by atoms with Crippen LogP contribution in [-0.2, 0) is 4.74 Å². The highest BCUT2D eigenvalue weighted by Gasteiger charge is 2.15. The van der Waals surface area contributed by atoms with E-state index in [1.54, 1.807) is 6.92 Å². The molecule has 0 aromatic heterocycles. The predicted molar refractivity (Wildman–Crippen MR) is 43.9 cm³/mol. The van der Waals surface area contributed by atoms with E-state index < -0.39 is 5.54 Å². The van der Waals surface area contributed by atoms with Crippen LogP contribution in [-0.4, -0.2) is 18.8 Å². The molecule has 1 atom stereocenters. The molecule has 0 saturated heterocycles. The topological polar surface area (TPSA) is 59.0 Å². The molecule has 0 aromatic rings. The van der Waals surface area contributed by atoms with Crippen molar-refractivity contribution in [2.24, 2.45) is 5.73 Å². The first-order chi connectivity index (χ1) is 5.12. The lowest BCUT2D eigenvalue weighted by Gasteiger charge is -2.14. The van der Waals surface area contributed by atoms with Gasteiger partial charge in [-0.25, -0.2) is 0 Å². The van der Waals surface area contributed by atoms with E-state index in [9.17, 15) is 0 Å². The molecule has 0 radical (unpaired) electrons. The van der Waals surface area contributed by atoms with Crippen LogP contribution in [0.1, 0.15) is 26.7 Å². The quantitative estimate of drug-likeness (QED) is 0.605. The standard InChI is InChI=1S/C8H16N2O/c1-3-5-11-6-4-8(2,10)7-9/h3-6,10H2,1-2H3. The molecule has 0 rings (SSSR count). The molecule has 0 amide bonds. The number of hydrogen-bond donors (Lipinski definition) is 1. The molecule has 3 nitrogen and oxygen atoms in total. The highest BCUT2D eigenvalue weighted by molar-refractivity contribution is 5.00. The zero-order chi connectivity index (χ0) is 8.74. The molecule has 0 aliphatic rings. The minimum absolute atomic E-state index is 0.578. The van der Waals surface area contributed by atoms with Gasteiger partial charge in [-0.1, -0.05) is 6.92 Å². The van der Waals surface area contributed by atoms with Crippen molar-refractivity contribution >= 4 is 0 Å². The maximum Gasteiger partial charge on any atom is 0.103 e. The number of nitriles is 1. The lowest BCUT2D eigenvalue weighted by Crippen LogP contribution is -2.35. The first-order valence-electron chi connectivity index (χ1n) is 3.90. The van der Waals surface area contributed by atoms with Crippen LogP contribution in [0.3, 0.4) is 0 Å². The van der Waals surface area contributed by atoms with E-state index >= 15 is 0 Å². The van der Waals surface area contributed by atoms with E-state index in [0.717, 1.165) is 13.0 Å². The summed E-state index contributed by atoms with van der Waals surface area (Å²) in [5, 5.41) is 8.52. The third-order valence-electron chi connectivity index (χ3n) is 1.37. The van der Waals surface area contributed by atoms with Gasteiger partial charge in [-0.15, -0.1) is 0 Å². The first kappa shape index (κ1) is 10.4. The second-order valence-electron chi connectivity index (χ2n) is 2.89. The molecule has 0 heterocycles. The summed E-state index contributed by atoms with van der Waals surface area (Å²) in [4.78, 5) is 0. The van der Waals surface area contributed by atoms with Gasteiger partial charge in [0.1, 0.15) is 5.54 Å². The van der Waals surface area contributed by atoms with Crippen LogP contribution in [0.5, 0.6) is 0 Å². The van der Waals surface area contributed by atoms with Crippen molar-refractivity contribution in [2.45, 2.75) is 32.2 Å². The normalized spacial score (nSPS) is 15.5. The molecule has 2 N–H and O–H groups in total. The highest BCUT2D eigenvalue weighted by atomic mass is 16.5. The van der Waals surface area contributed by atoms with E-state index in [-0.39, 0.29) is 0 Å². The van der Waals surface area contributed by atoms with Gasteiger partial charge in [0.05, 0.1) is 6.07 Å². The fourth-order valence-corrected chi connectivity index (χ4v) is 0.586. The van der Waals surface area contributed by atoms with Gasteiger partial charge in [-0.2, -0.15) is 5.26 Å². The number of rotatable bonds is 5. The summed E-state index contributed by atoms with van der Waals surface area (Å²) in [6, 6.07) is 2.02. The van der Waals surface area contributed by atoms with E-state index in [1.807, 2.05) is 13.0 Å². The zero-order valence-corrected chi connectivity index (χ0v) is 7.26. The summed E-state index contributed by atoms with van der Waals surface area (Å²) in [6.45, 7) is 5.09. The van der Waals surface area contributed by atoms with Crippen molar-refractivity contribution in [3.63, 3.8) is 0 Å². The fourth-order valence-electron chi connectivity index (χ4n) is 0.586. The van der Waals surface area contributed by atoms with Gasteiger partial charge in [-0.3, -0.25) is 0 Å². The Hall–Kier alpha value is -0.590. The van der Waals surface area contributed by atoms with Crippen molar-refractivity contribution in [1.29, 1.82) is 5.26 Å². The third-order valence-corrected chi connectivity index (χ3v) is 1.37. The lowest BCUT2D eigenvalue weighted by molar-refractivity contribution is 0.123.